The van der Waals surface area contributed by atoms with Crippen molar-refractivity contribution >= 4 is 13.7 Å². The molecule has 1 aliphatic heterocycles. The Morgan fingerprint density at radius 3 is 1.79 bits per heavy atom. The minimum absolute atomic E-state index is 0.438. The van der Waals surface area contributed by atoms with Gasteiger partial charge in [0, 0.05) is 33.8 Å². The monoisotopic (exact) mass is 489 g/mol. The fourth-order valence-corrected chi connectivity index (χ4v) is 5.07. The highest BCUT2D eigenvalue weighted by Gasteiger charge is 2.30. The van der Waals surface area contributed by atoms with Crippen LogP contribution in [0.1, 0.15) is 124 Å². The summed E-state index contributed by atoms with van der Waals surface area (Å²) in [6, 6.07) is 0. The molecule has 0 aromatic carbocycles. The van der Waals surface area contributed by atoms with E-state index in [1.807, 2.05) is 20.9 Å². The molecule has 198 valence electrons. The van der Waals surface area contributed by atoms with Crippen LogP contribution < -0.4 is 0 Å². The number of hydrogen-bond donors (Lipinski definition) is 0. The molecule has 1 aliphatic rings. The first-order chi connectivity index (χ1) is 16.1. The molecular formula is C26H56N3O3P. The fourth-order valence-electron chi connectivity index (χ4n) is 3.97. The minimum atomic E-state index is -3.44. The van der Waals surface area contributed by atoms with Gasteiger partial charge >= 0.3 is 7.75 Å². The van der Waals surface area contributed by atoms with Gasteiger partial charge in [0.05, 0.1) is 6.61 Å². The second-order valence-electron chi connectivity index (χ2n) is 8.89. The molecule has 1 heterocycles. The lowest BCUT2D eigenvalue weighted by Crippen LogP contribution is -2.32. The van der Waals surface area contributed by atoms with E-state index in [1.165, 1.54) is 84.2 Å². The van der Waals surface area contributed by atoms with E-state index in [-0.39, 0.29) is 0 Å². The first-order valence-corrected chi connectivity index (χ1v) is 15.4. The van der Waals surface area contributed by atoms with Crippen LogP contribution in [0.4, 0.5) is 0 Å². The van der Waals surface area contributed by atoms with Gasteiger partial charge in [-0.3, -0.25) is 9.05 Å². The van der Waals surface area contributed by atoms with E-state index in [0.29, 0.717) is 6.61 Å². The van der Waals surface area contributed by atoms with Crippen molar-refractivity contribution in [3.05, 3.63) is 0 Å². The average molecular weight is 490 g/mol. The van der Waals surface area contributed by atoms with Crippen LogP contribution in [0.2, 0.25) is 0 Å². The molecule has 0 N–H and O–H groups in total. The molecule has 0 amide bonds. The molecule has 0 radical (unpaired) electrons. The molecule has 0 bridgehead atoms. The number of unbranched alkanes of at least 4 members (excludes halogenated alkanes) is 13. The van der Waals surface area contributed by atoms with Crippen molar-refractivity contribution < 1.29 is 13.6 Å². The highest BCUT2D eigenvalue weighted by molar-refractivity contribution is 7.52. The predicted octanol–water partition coefficient (Wildman–Crippen LogP) is 8.28. The molecular weight excluding hydrogens is 433 g/mol. The third kappa shape index (κ3) is 15.9. The van der Waals surface area contributed by atoms with Crippen molar-refractivity contribution in [1.29, 1.82) is 0 Å². The summed E-state index contributed by atoms with van der Waals surface area (Å²) in [7, 11) is -0.00480. The van der Waals surface area contributed by atoms with Gasteiger partial charge in [0.15, 0.2) is 0 Å². The average Bonchev–Trinajstić information content (AvgIpc) is 3.17. The molecule has 33 heavy (non-hydrogen) atoms. The van der Waals surface area contributed by atoms with Gasteiger partial charge in [-0.25, -0.2) is 4.57 Å². The van der Waals surface area contributed by atoms with Gasteiger partial charge in [-0.15, -0.1) is 4.76 Å². The normalized spacial score (nSPS) is 16.7. The highest BCUT2D eigenvalue weighted by atomic mass is 31.2. The van der Waals surface area contributed by atoms with E-state index in [4.69, 9.17) is 9.05 Å². The molecule has 0 spiro atoms. The van der Waals surface area contributed by atoms with Gasteiger partial charge in [-0.2, -0.15) is 0 Å². The molecule has 1 fully saturated rings. The first kappa shape index (κ1) is 32.4. The van der Waals surface area contributed by atoms with E-state index in [9.17, 15) is 4.57 Å². The number of likely N-dealkylation sites (N-methyl/N-ethyl adjacent to an activating group) is 1. The van der Waals surface area contributed by atoms with Gasteiger partial charge in [0.2, 0.25) is 5.96 Å². The van der Waals surface area contributed by atoms with Crippen molar-refractivity contribution in [3.63, 3.8) is 0 Å². The Balaban J connectivity index is 0.00000497. The van der Waals surface area contributed by atoms with Crippen LogP contribution in [-0.2, 0) is 13.6 Å². The maximum absolute atomic E-state index is 13.0. The van der Waals surface area contributed by atoms with Crippen molar-refractivity contribution in [3.8, 4) is 0 Å². The van der Waals surface area contributed by atoms with E-state index in [0.717, 1.165) is 44.9 Å². The van der Waals surface area contributed by atoms with E-state index in [1.54, 1.807) is 0 Å². The topological polar surface area (TPSA) is 54.4 Å². The zero-order valence-electron chi connectivity index (χ0n) is 22.9. The van der Waals surface area contributed by atoms with E-state index in [2.05, 4.69) is 28.4 Å². The lowest BCUT2D eigenvalue weighted by atomic mass is 10.1. The van der Waals surface area contributed by atoms with E-state index < -0.39 is 7.75 Å². The Bertz CT molecular complexity index is 517. The Morgan fingerprint density at radius 1 is 0.788 bits per heavy atom. The van der Waals surface area contributed by atoms with Gasteiger partial charge in [-0.05, 0) is 12.8 Å². The van der Waals surface area contributed by atoms with Crippen molar-refractivity contribution in [2.75, 3.05) is 40.4 Å². The zero-order chi connectivity index (χ0) is 24.8. The molecule has 0 aromatic heterocycles. The van der Waals surface area contributed by atoms with Crippen LogP contribution in [0.15, 0.2) is 4.76 Å². The molecule has 1 rings (SSSR count). The lowest BCUT2D eigenvalue weighted by molar-refractivity contribution is 0.228. The zero-order valence-corrected chi connectivity index (χ0v) is 23.8. The smallest absolute Gasteiger partial charge is 0.344 e. The Morgan fingerprint density at radius 2 is 1.27 bits per heavy atom. The second kappa shape index (κ2) is 21.9. The van der Waals surface area contributed by atoms with Crippen LogP contribution >= 0.6 is 7.75 Å². The molecule has 1 saturated heterocycles. The molecule has 0 saturated carbocycles. The maximum Gasteiger partial charge on any atom is 0.456 e. The largest absolute Gasteiger partial charge is 0.456 e. The van der Waals surface area contributed by atoms with Crippen molar-refractivity contribution in [2.24, 2.45) is 4.76 Å². The van der Waals surface area contributed by atoms with E-state index >= 15 is 0 Å². The minimum Gasteiger partial charge on any atom is -0.344 e. The molecule has 1 atom stereocenters. The van der Waals surface area contributed by atoms with Crippen LogP contribution in [0.5, 0.6) is 0 Å². The molecule has 6 nitrogen and oxygen atoms in total. The van der Waals surface area contributed by atoms with Crippen molar-refractivity contribution in [2.45, 2.75) is 124 Å². The lowest BCUT2D eigenvalue weighted by Gasteiger charge is -2.22. The molecule has 1 unspecified atom stereocenters. The van der Waals surface area contributed by atoms with Crippen LogP contribution in [0.25, 0.3) is 0 Å². The molecule has 0 aliphatic carbocycles. The summed E-state index contributed by atoms with van der Waals surface area (Å²) in [6.07, 6.45) is 19.0. The van der Waals surface area contributed by atoms with Crippen molar-refractivity contribution in [1.82, 2.24) is 9.80 Å². The van der Waals surface area contributed by atoms with Crippen LogP contribution in [0.3, 0.4) is 0 Å². The third-order valence-electron chi connectivity index (χ3n) is 6.06. The third-order valence-corrected chi connectivity index (χ3v) is 7.45. The van der Waals surface area contributed by atoms with Crippen LogP contribution in [-0.4, -0.2) is 56.2 Å². The molecule has 0 aromatic rings. The SMILES string of the molecule is CC.CCCCCCCCCCCCN1CCN(C)C1=NP(=O)(OC)OCCCCCCC. The number of hydrogen-bond acceptors (Lipinski definition) is 3. The van der Waals surface area contributed by atoms with Gasteiger partial charge in [-0.1, -0.05) is 111 Å². The Labute approximate surface area is 206 Å². The van der Waals surface area contributed by atoms with Crippen LogP contribution in [0, 0.1) is 0 Å². The number of rotatable bonds is 20. The summed E-state index contributed by atoms with van der Waals surface area (Å²) in [5.41, 5.74) is 0. The Kier molecular flexibility index (Phi) is 21.5. The maximum atomic E-state index is 13.0. The summed E-state index contributed by atoms with van der Waals surface area (Å²) < 4.78 is 28.3. The number of guanidine groups is 1. The quantitative estimate of drug-likeness (QED) is 0.127. The Hall–Kier alpha value is -0.580. The summed E-state index contributed by atoms with van der Waals surface area (Å²) in [5, 5.41) is 0. The first-order valence-electron chi connectivity index (χ1n) is 13.9. The number of nitrogens with zero attached hydrogens (tertiary/aromatic N) is 3. The van der Waals surface area contributed by atoms with Gasteiger partial charge in [0.1, 0.15) is 0 Å². The molecule has 7 heteroatoms. The van der Waals surface area contributed by atoms with Gasteiger partial charge in [0.25, 0.3) is 0 Å². The second-order valence-corrected chi connectivity index (χ2v) is 10.6. The fraction of sp³-hybridized carbons (Fsp3) is 0.962. The summed E-state index contributed by atoms with van der Waals surface area (Å²) in [5.74, 6) is 0.757. The summed E-state index contributed by atoms with van der Waals surface area (Å²) in [4.78, 5) is 4.30. The standard InChI is InChI=1S/C24H50N3O3P.C2H6/c1-5-7-9-11-12-13-14-15-16-18-20-27-22-21-26(3)24(27)25-31(28,29-4)30-23-19-17-10-8-6-2;1-2/h5-23H2,1-4H3;1-2H3. The van der Waals surface area contributed by atoms with Gasteiger partial charge < -0.3 is 9.80 Å². The highest BCUT2D eigenvalue weighted by Crippen LogP contribution is 2.49. The predicted molar refractivity (Wildman–Crippen MR) is 144 cm³/mol. The summed E-state index contributed by atoms with van der Waals surface area (Å²) in [6.45, 7) is 11.7. The summed E-state index contributed by atoms with van der Waals surface area (Å²) >= 11 is 0.